The molecule has 1 nitrogen and oxygen atoms in total. The second-order valence-corrected chi connectivity index (χ2v) is 5.79. The normalized spacial score (nSPS) is 12.4. The molecule has 0 fully saturated rings. The van der Waals surface area contributed by atoms with Crippen LogP contribution in [-0.2, 0) is 0 Å². The van der Waals surface area contributed by atoms with E-state index in [0.29, 0.717) is 0 Å². The maximum Gasteiger partial charge on any atom is 0.0390 e. The Balaban J connectivity index is 1.95. The molecule has 2 aromatic carbocycles. The van der Waals surface area contributed by atoms with Gasteiger partial charge in [0.05, 0.1) is 0 Å². The van der Waals surface area contributed by atoms with Crippen LogP contribution in [0.25, 0.3) is 0 Å². The third-order valence-corrected chi connectivity index (χ3v) is 4.06. The van der Waals surface area contributed by atoms with Crippen LogP contribution < -0.4 is 5.73 Å². The first-order chi connectivity index (χ1) is 8.25. The van der Waals surface area contributed by atoms with E-state index >= 15 is 0 Å². The molecule has 0 saturated heterocycles. The van der Waals surface area contributed by atoms with Gasteiger partial charge in [-0.05, 0) is 23.8 Å². The molecule has 2 rings (SSSR count). The number of nitrogens with two attached hydrogens (primary N) is 1. The van der Waals surface area contributed by atoms with E-state index in [0.717, 1.165) is 10.2 Å². The average molecular weight is 308 g/mol. The van der Waals surface area contributed by atoms with Gasteiger partial charge in [-0.15, -0.1) is 11.8 Å². The minimum absolute atomic E-state index is 0.0835. The Kier molecular flexibility index (Phi) is 4.66. The smallest absolute Gasteiger partial charge is 0.0390 e. The number of halogens is 1. The van der Waals surface area contributed by atoms with Gasteiger partial charge >= 0.3 is 0 Å². The minimum atomic E-state index is 0.0835. The summed E-state index contributed by atoms with van der Waals surface area (Å²) in [6, 6.07) is 18.6. The van der Waals surface area contributed by atoms with Crippen molar-refractivity contribution in [1.29, 1.82) is 0 Å². The molecule has 0 bridgehead atoms. The fraction of sp³-hybridized carbons (Fsp3) is 0.143. The molecule has 1 atom stereocenters. The molecule has 0 aromatic heterocycles. The molecule has 0 aliphatic rings. The van der Waals surface area contributed by atoms with Crippen LogP contribution in [0.3, 0.4) is 0 Å². The Morgan fingerprint density at radius 1 is 1.06 bits per heavy atom. The van der Waals surface area contributed by atoms with Gasteiger partial charge in [-0.1, -0.05) is 52.3 Å². The van der Waals surface area contributed by atoms with Gasteiger partial charge in [-0.25, -0.2) is 0 Å². The molecule has 0 saturated carbocycles. The fourth-order valence-electron chi connectivity index (χ4n) is 1.54. The Labute approximate surface area is 115 Å². The van der Waals surface area contributed by atoms with Crippen LogP contribution in [0.15, 0.2) is 64.0 Å². The first kappa shape index (κ1) is 12.7. The molecule has 0 aliphatic heterocycles. The predicted molar refractivity (Wildman–Crippen MR) is 78.2 cm³/mol. The van der Waals surface area contributed by atoms with Gasteiger partial charge in [0.2, 0.25) is 0 Å². The van der Waals surface area contributed by atoms with Gasteiger partial charge in [-0.2, -0.15) is 0 Å². The molecule has 17 heavy (non-hydrogen) atoms. The van der Waals surface area contributed by atoms with Crippen molar-refractivity contribution in [1.82, 2.24) is 0 Å². The number of thioether (sulfide) groups is 1. The number of rotatable bonds is 4. The largest absolute Gasteiger partial charge is 0.323 e. The summed E-state index contributed by atoms with van der Waals surface area (Å²) in [5, 5.41) is 0. The van der Waals surface area contributed by atoms with E-state index in [1.165, 1.54) is 10.5 Å². The van der Waals surface area contributed by atoms with Gasteiger partial charge in [0.1, 0.15) is 0 Å². The monoisotopic (exact) mass is 307 g/mol. The molecule has 0 aliphatic carbocycles. The van der Waals surface area contributed by atoms with Crippen molar-refractivity contribution < 1.29 is 0 Å². The summed E-state index contributed by atoms with van der Waals surface area (Å²) >= 11 is 5.25. The lowest BCUT2D eigenvalue weighted by Gasteiger charge is -2.11. The second kappa shape index (κ2) is 6.24. The summed E-state index contributed by atoms with van der Waals surface area (Å²) in [5.74, 6) is 0.889. The van der Waals surface area contributed by atoms with Crippen molar-refractivity contribution in [3.63, 3.8) is 0 Å². The standard InChI is InChI=1S/C14H14BrNS/c15-12-7-4-8-13(9-12)17-10-14(16)11-5-2-1-3-6-11/h1-9,14H,10,16H2. The van der Waals surface area contributed by atoms with Crippen LogP contribution in [0.4, 0.5) is 0 Å². The molecular weight excluding hydrogens is 294 g/mol. The first-order valence-electron chi connectivity index (χ1n) is 5.44. The van der Waals surface area contributed by atoms with E-state index in [1.54, 1.807) is 11.8 Å². The summed E-state index contributed by atoms with van der Waals surface area (Å²) in [4.78, 5) is 1.24. The zero-order valence-electron chi connectivity index (χ0n) is 9.34. The number of benzene rings is 2. The van der Waals surface area contributed by atoms with Crippen molar-refractivity contribution in [3.8, 4) is 0 Å². The van der Waals surface area contributed by atoms with Crippen LogP contribution >= 0.6 is 27.7 Å². The highest BCUT2D eigenvalue weighted by Crippen LogP contribution is 2.25. The molecule has 0 spiro atoms. The van der Waals surface area contributed by atoms with Crippen LogP contribution in [0.2, 0.25) is 0 Å². The van der Waals surface area contributed by atoms with Gasteiger partial charge in [0.25, 0.3) is 0 Å². The van der Waals surface area contributed by atoms with Crippen molar-refractivity contribution in [3.05, 3.63) is 64.6 Å². The van der Waals surface area contributed by atoms with Crippen molar-refractivity contribution >= 4 is 27.7 Å². The molecule has 0 radical (unpaired) electrons. The van der Waals surface area contributed by atoms with E-state index in [2.05, 4.69) is 40.2 Å². The maximum absolute atomic E-state index is 6.15. The Morgan fingerprint density at radius 2 is 1.82 bits per heavy atom. The van der Waals surface area contributed by atoms with Gasteiger partial charge in [0.15, 0.2) is 0 Å². The predicted octanol–water partition coefficient (Wildman–Crippen LogP) is 4.24. The summed E-state index contributed by atoms with van der Waals surface area (Å²) in [5.41, 5.74) is 7.34. The van der Waals surface area contributed by atoms with E-state index in [1.807, 2.05) is 30.3 Å². The van der Waals surface area contributed by atoms with Gasteiger partial charge in [0, 0.05) is 21.2 Å². The summed E-state index contributed by atoms with van der Waals surface area (Å²) < 4.78 is 1.11. The minimum Gasteiger partial charge on any atom is -0.323 e. The molecule has 2 aromatic rings. The SMILES string of the molecule is NC(CSc1cccc(Br)c1)c1ccccc1. The molecule has 0 heterocycles. The van der Waals surface area contributed by atoms with Crippen LogP contribution in [0, 0.1) is 0 Å². The third kappa shape index (κ3) is 3.87. The van der Waals surface area contributed by atoms with E-state index < -0.39 is 0 Å². The lowest BCUT2D eigenvalue weighted by atomic mass is 10.1. The summed E-state index contributed by atoms with van der Waals surface area (Å²) in [6.45, 7) is 0. The highest BCUT2D eigenvalue weighted by atomic mass is 79.9. The third-order valence-electron chi connectivity index (χ3n) is 2.45. The van der Waals surface area contributed by atoms with E-state index in [-0.39, 0.29) is 6.04 Å². The molecule has 3 heteroatoms. The highest BCUT2D eigenvalue weighted by Gasteiger charge is 2.05. The van der Waals surface area contributed by atoms with Crippen LogP contribution in [0.1, 0.15) is 11.6 Å². The molecule has 2 N–H and O–H groups in total. The van der Waals surface area contributed by atoms with Crippen molar-refractivity contribution in [2.45, 2.75) is 10.9 Å². The molecule has 0 amide bonds. The Morgan fingerprint density at radius 3 is 2.53 bits per heavy atom. The average Bonchev–Trinajstić information content (AvgIpc) is 2.37. The fourth-order valence-corrected chi connectivity index (χ4v) is 3.04. The number of hydrogen-bond acceptors (Lipinski definition) is 2. The quantitative estimate of drug-likeness (QED) is 0.855. The lowest BCUT2D eigenvalue weighted by Crippen LogP contribution is -2.12. The Hall–Kier alpha value is -0.770. The van der Waals surface area contributed by atoms with Gasteiger partial charge < -0.3 is 5.73 Å². The number of hydrogen-bond donors (Lipinski definition) is 1. The Bertz CT molecular complexity index is 473. The molecule has 88 valence electrons. The van der Waals surface area contributed by atoms with Crippen LogP contribution in [0.5, 0.6) is 0 Å². The first-order valence-corrected chi connectivity index (χ1v) is 7.22. The highest BCUT2D eigenvalue weighted by molar-refractivity contribution is 9.10. The van der Waals surface area contributed by atoms with E-state index in [4.69, 9.17) is 5.73 Å². The second-order valence-electron chi connectivity index (χ2n) is 3.79. The van der Waals surface area contributed by atoms with Crippen molar-refractivity contribution in [2.24, 2.45) is 5.73 Å². The maximum atomic E-state index is 6.15. The zero-order valence-corrected chi connectivity index (χ0v) is 11.7. The topological polar surface area (TPSA) is 26.0 Å². The van der Waals surface area contributed by atoms with Crippen LogP contribution in [-0.4, -0.2) is 5.75 Å². The lowest BCUT2D eigenvalue weighted by molar-refractivity contribution is 0.831. The van der Waals surface area contributed by atoms with Crippen molar-refractivity contribution in [2.75, 3.05) is 5.75 Å². The van der Waals surface area contributed by atoms with Gasteiger partial charge in [-0.3, -0.25) is 0 Å². The van der Waals surface area contributed by atoms with E-state index in [9.17, 15) is 0 Å². The molecular formula is C14H14BrNS. The zero-order chi connectivity index (χ0) is 12.1. The summed E-state index contributed by atoms with van der Waals surface area (Å²) in [6.07, 6.45) is 0. The molecule has 1 unspecified atom stereocenters. The summed E-state index contributed by atoms with van der Waals surface area (Å²) in [7, 11) is 0.